The first-order chi connectivity index (χ1) is 9.95. The first-order valence-corrected chi connectivity index (χ1v) is 7.18. The largest absolute Gasteiger partial charge is 0.484 e. The number of rotatable bonds is 5. The summed E-state index contributed by atoms with van der Waals surface area (Å²) in [6.45, 7) is 3.90. The maximum absolute atomic E-state index is 11.8. The molecule has 0 aliphatic heterocycles. The lowest BCUT2D eigenvalue weighted by molar-refractivity contribution is -0.141. The number of amides is 1. The van der Waals surface area contributed by atoms with Crippen LogP contribution in [0.25, 0.3) is 0 Å². The summed E-state index contributed by atoms with van der Waals surface area (Å²) in [5.41, 5.74) is 2.14. The molecule has 0 spiro atoms. The van der Waals surface area contributed by atoms with Gasteiger partial charge in [-0.25, -0.2) is 0 Å². The zero-order valence-electron chi connectivity index (χ0n) is 12.4. The van der Waals surface area contributed by atoms with Crippen molar-refractivity contribution in [3.63, 3.8) is 0 Å². The van der Waals surface area contributed by atoms with Crippen LogP contribution in [-0.4, -0.2) is 29.6 Å². The third kappa shape index (κ3) is 4.21. The fraction of sp³-hybridized carbons (Fsp3) is 0.500. The molecule has 1 aromatic rings. The van der Waals surface area contributed by atoms with Gasteiger partial charge in [-0.3, -0.25) is 9.59 Å². The quantitative estimate of drug-likeness (QED) is 0.870. The Morgan fingerprint density at radius 3 is 2.71 bits per heavy atom. The van der Waals surface area contributed by atoms with Crippen LogP contribution < -0.4 is 10.1 Å². The number of hydrogen-bond acceptors (Lipinski definition) is 3. The zero-order chi connectivity index (χ0) is 15.4. The molecule has 5 nitrogen and oxygen atoms in total. The van der Waals surface area contributed by atoms with Crippen LogP contribution in [0.3, 0.4) is 0 Å². The normalized spacial score (nSPS) is 21.0. The summed E-state index contributed by atoms with van der Waals surface area (Å²) in [4.78, 5) is 22.7. The molecule has 1 aliphatic carbocycles. The lowest BCUT2D eigenvalue weighted by Gasteiger charge is -2.14. The number of benzene rings is 1. The molecular formula is C16H21NO4. The molecule has 2 atom stereocenters. The highest BCUT2D eigenvalue weighted by molar-refractivity contribution is 5.78. The molecular weight excluding hydrogens is 270 g/mol. The monoisotopic (exact) mass is 291 g/mol. The van der Waals surface area contributed by atoms with Crippen molar-refractivity contribution in [1.82, 2.24) is 5.32 Å². The van der Waals surface area contributed by atoms with Gasteiger partial charge in [-0.15, -0.1) is 0 Å². The second kappa shape index (κ2) is 6.61. The molecule has 1 aromatic carbocycles. The van der Waals surface area contributed by atoms with Crippen molar-refractivity contribution < 1.29 is 19.4 Å². The number of carboxylic acid groups (broad SMARTS) is 1. The van der Waals surface area contributed by atoms with E-state index in [1.165, 1.54) is 0 Å². The SMILES string of the molecule is Cc1ccc(OCC(=O)N[C@@H]2CC[C@H](C(=O)O)C2)c(C)c1. The number of carbonyl (C=O) groups is 2. The van der Waals surface area contributed by atoms with Gasteiger partial charge in [-0.05, 0) is 44.7 Å². The third-order valence-corrected chi connectivity index (χ3v) is 3.84. The van der Waals surface area contributed by atoms with Gasteiger partial charge in [0.05, 0.1) is 5.92 Å². The molecule has 0 heterocycles. The van der Waals surface area contributed by atoms with E-state index in [4.69, 9.17) is 9.84 Å². The molecule has 2 N–H and O–H groups in total. The van der Waals surface area contributed by atoms with Gasteiger partial charge in [-0.1, -0.05) is 17.7 Å². The lowest BCUT2D eigenvalue weighted by Crippen LogP contribution is -2.36. The summed E-state index contributed by atoms with van der Waals surface area (Å²) in [6.07, 6.45) is 1.84. The topological polar surface area (TPSA) is 75.6 Å². The van der Waals surface area contributed by atoms with Crippen molar-refractivity contribution in [2.75, 3.05) is 6.61 Å². The molecule has 1 amide bonds. The minimum absolute atomic E-state index is 0.0435. The highest BCUT2D eigenvalue weighted by Crippen LogP contribution is 2.25. The van der Waals surface area contributed by atoms with Crippen LogP contribution in [0.15, 0.2) is 18.2 Å². The van der Waals surface area contributed by atoms with Crippen LogP contribution in [0.4, 0.5) is 0 Å². The fourth-order valence-corrected chi connectivity index (χ4v) is 2.71. The third-order valence-electron chi connectivity index (χ3n) is 3.84. The average Bonchev–Trinajstić information content (AvgIpc) is 2.86. The minimum Gasteiger partial charge on any atom is -0.484 e. The van der Waals surface area contributed by atoms with Crippen molar-refractivity contribution in [2.45, 2.75) is 39.2 Å². The number of nitrogens with one attached hydrogen (secondary N) is 1. The maximum Gasteiger partial charge on any atom is 0.306 e. The van der Waals surface area contributed by atoms with Gasteiger partial charge in [0.25, 0.3) is 5.91 Å². The van der Waals surface area contributed by atoms with Gasteiger partial charge in [0.1, 0.15) is 5.75 Å². The number of hydrogen-bond donors (Lipinski definition) is 2. The van der Waals surface area contributed by atoms with Crippen molar-refractivity contribution in [3.8, 4) is 5.75 Å². The predicted octanol–water partition coefficient (Wildman–Crippen LogP) is 2.05. The second-order valence-corrected chi connectivity index (χ2v) is 5.67. The molecule has 0 radical (unpaired) electrons. The first kappa shape index (κ1) is 15.4. The number of aryl methyl sites for hydroxylation is 2. The van der Waals surface area contributed by atoms with Crippen molar-refractivity contribution in [1.29, 1.82) is 0 Å². The minimum atomic E-state index is -0.779. The van der Waals surface area contributed by atoms with Gasteiger partial charge in [0.15, 0.2) is 6.61 Å². The number of ether oxygens (including phenoxy) is 1. The van der Waals surface area contributed by atoms with Gasteiger partial charge >= 0.3 is 5.97 Å². The summed E-state index contributed by atoms with van der Waals surface area (Å²) in [6, 6.07) is 5.74. The van der Waals surface area contributed by atoms with E-state index >= 15 is 0 Å². The van der Waals surface area contributed by atoms with Crippen LogP contribution in [0.1, 0.15) is 30.4 Å². The highest BCUT2D eigenvalue weighted by atomic mass is 16.5. The summed E-state index contributed by atoms with van der Waals surface area (Å²) in [7, 11) is 0. The summed E-state index contributed by atoms with van der Waals surface area (Å²) < 4.78 is 5.51. The van der Waals surface area contributed by atoms with Crippen LogP contribution in [0.2, 0.25) is 0 Å². The molecule has 0 unspecified atom stereocenters. The molecule has 21 heavy (non-hydrogen) atoms. The molecule has 0 saturated heterocycles. The van der Waals surface area contributed by atoms with Gasteiger partial charge in [0, 0.05) is 6.04 Å². The standard InChI is InChI=1S/C16H21NO4/c1-10-3-6-14(11(2)7-10)21-9-15(18)17-13-5-4-12(8-13)16(19)20/h3,6-7,12-13H,4-5,8-9H2,1-2H3,(H,17,18)(H,19,20)/t12-,13+/m0/s1. The Bertz CT molecular complexity index is 541. The molecule has 1 fully saturated rings. The smallest absolute Gasteiger partial charge is 0.306 e. The average molecular weight is 291 g/mol. The Kier molecular flexibility index (Phi) is 4.83. The van der Waals surface area contributed by atoms with Gasteiger partial charge in [-0.2, -0.15) is 0 Å². The van der Waals surface area contributed by atoms with Gasteiger partial charge < -0.3 is 15.2 Å². The number of aliphatic carboxylic acids is 1. The van der Waals surface area contributed by atoms with Crippen molar-refractivity contribution in [2.24, 2.45) is 5.92 Å². The number of carboxylic acids is 1. The highest BCUT2D eigenvalue weighted by Gasteiger charge is 2.30. The Labute approximate surface area is 124 Å². The number of carbonyl (C=O) groups excluding carboxylic acids is 1. The molecule has 5 heteroatoms. The van der Waals surface area contributed by atoms with E-state index in [0.29, 0.717) is 25.0 Å². The lowest BCUT2D eigenvalue weighted by atomic mass is 10.1. The molecule has 114 valence electrons. The van der Waals surface area contributed by atoms with Gasteiger partial charge in [0.2, 0.25) is 0 Å². The first-order valence-electron chi connectivity index (χ1n) is 7.18. The van der Waals surface area contributed by atoms with E-state index in [-0.39, 0.29) is 24.5 Å². The summed E-state index contributed by atoms with van der Waals surface area (Å²) in [5, 5.41) is 11.8. The Morgan fingerprint density at radius 1 is 1.33 bits per heavy atom. The zero-order valence-corrected chi connectivity index (χ0v) is 12.4. The molecule has 1 saturated carbocycles. The van der Waals surface area contributed by atoms with Crippen molar-refractivity contribution >= 4 is 11.9 Å². The molecule has 0 bridgehead atoms. The molecule has 2 rings (SSSR count). The second-order valence-electron chi connectivity index (χ2n) is 5.67. The van der Waals surface area contributed by atoms with Crippen LogP contribution >= 0.6 is 0 Å². The molecule has 1 aliphatic rings. The van der Waals surface area contributed by atoms with E-state index in [1.807, 2.05) is 32.0 Å². The van der Waals surface area contributed by atoms with Crippen molar-refractivity contribution in [3.05, 3.63) is 29.3 Å². The van der Waals surface area contributed by atoms with Crippen LogP contribution in [0, 0.1) is 19.8 Å². The molecule has 0 aromatic heterocycles. The fourth-order valence-electron chi connectivity index (χ4n) is 2.71. The Hall–Kier alpha value is -2.04. The Balaban J connectivity index is 1.79. The van der Waals surface area contributed by atoms with E-state index in [1.54, 1.807) is 0 Å². The summed E-state index contributed by atoms with van der Waals surface area (Å²) in [5.74, 6) is -0.620. The van der Waals surface area contributed by atoms with E-state index < -0.39 is 5.97 Å². The van der Waals surface area contributed by atoms with Crippen LogP contribution in [0.5, 0.6) is 5.75 Å². The predicted molar refractivity (Wildman–Crippen MR) is 78.3 cm³/mol. The van der Waals surface area contributed by atoms with E-state index in [2.05, 4.69) is 5.32 Å². The Morgan fingerprint density at radius 2 is 2.10 bits per heavy atom. The van der Waals surface area contributed by atoms with E-state index in [9.17, 15) is 9.59 Å². The van der Waals surface area contributed by atoms with E-state index in [0.717, 1.165) is 11.1 Å². The maximum atomic E-state index is 11.8. The summed E-state index contributed by atoms with van der Waals surface area (Å²) >= 11 is 0. The van der Waals surface area contributed by atoms with Crippen LogP contribution in [-0.2, 0) is 9.59 Å².